The number of benzene rings is 3. The number of para-hydroxylation sites is 2. The Hall–Kier alpha value is -3.07. The Kier molecular flexibility index (Phi) is 5.47. The van der Waals surface area contributed by atoms with Crippen molar-refractivity contribution in [3.8, 4) is 11.5 Å². The largest absolute Gasteiger partial charge is 0.455 e. The zero-order chi connectivity index (χ0) is 17.5. The summed E-state index contributed by atoms with van der Waals surface area (Å²) in [6, 6.07) is 25.3. The van der Waals surface area contributed by atoms with Crippen LogP contribution in [0.2, 0.25) is 0 Å². The van der Waals surface area contributed by atoms with E-state index >= 15 is 0 Å². The molecular weight excluding hydrogens is 310 g/mol. The first-order valence-electron chi connectivity index (χ1n) is 8.38. The second kappa shape index (κ2) is 8.15. The molecule has 0 atom stereocenters. The van der Waals surface area contributed by atoms with Crippen LogP contribution in [0.1, 0.15) is 17.5 Å². The maximum absolute atomic E-state index is 12.3. The zero-order valence-electron chi connectivity index (χ0n) is 14.2. The maximum Gasteiger partial charge on any atom is 0.224 e. The summed E-state index contributed by atoms with van der Waals surface area (Å²) in [5, 5.41) is 2.95. The van der Waals surface area contributed by atoms with Gasteiger partial charge in [-0.15, -0.1) is 0 Å². The van der Waals surface area contributed by atoms with E-state index in [0.717, 1.165) is 11.3 Å². The third kappa shape index (κ3) is 4.95. The Bertz CT molecular complexity index is 826. The first kappa shape index (κ1) is 16.8. The second-order valence-electron chi connectivity index (χ2n) is 5.95. The first-order chi connectivity index (χ1) is 12.2. The fourth-order valence-corrected chi connectivity index (χ4v) is 2.51. The lowest BCUT2D eigenvalue weighted by Crippen LogP contribution is -2.12. The highest BCUT2D eigenvalue weighted by atomic mass is 16.5. The summed E-state index contributed by atoms with van der Waals surface area (Å²) in [4.78, 5) is 12.3. The van der Waals surface area contributed by atoms with Crippen molar-refractivity contribution in [2.75, 3.05) is 5.32 Å². The van der Waals surface area contributed by atoms with E-state index in [1.165, 1.54) is 5.56 Å². The Morgan fingerprint density at radius 2 is 1.56 bits per heavy atom. The molecule has 0 radical (unpaired) electrons. The number of nitrogens with one attached hydrogen (secondary N) is 1. The standard InChI is InChI=1S/C22H21NO2/c1-17-11-14-19(15-12-17)25-21-10-6-5-9-20(21)23-22(24)16-13-18-7-3-2-4-8-18/h2-12,14-15H,13,16H2,1H3,(H,23,24). The van der Waals surface area contributed by atoms with Crippen LogP contribution < -0.4 is 10.1 Å². The molecule has 0 aromatic heterocycles. The van der Waals surface area contributed by atoms with Gasteiger partial charge in [-0.3, -0.25) is 4.79 Å². The van der Waals surface area contributed by atoms with Gasteiger partial charge in [-0.05, 0) is 43.2 Å². The van der Waals surface area contributed by atoms with Gasteiger partial charge in [-0.2, -0.15) is 0 Å². The van der Waals surface area contributed by atoms with Crippen molar-refractivity contribution >= 4 is 11.6 Å². The summed E-state index contributed by atoms with van der Waals surface area (Å²) in [5.41, 5.74) is 3.01. The molecule has 0 aliphatic carbocycles. The Morgan fingerprint density at radius 1 is 0.880 bits per heavy atom. The minimum Gasteiger partial charge on any atom is -0.455 e. The van der Waals surface area contributed by atoms with Crippen molar-refractivity contribution < 1.29 is 9.53 Å². The van der Waals surface area contributed by atoms with Crippen LogP contribution in [0, 0.1) is 6.92 Å². The quantitative estimate of drug-likeness (QED) is 0.660. The fourth-order valence-electron chi connectivity index (χ4n) is 2.51. The van der Waals surface area contributed by atoms with Crippen molar-refractivity contribution in [2.24, 2.45) is 0 Å². The van der Waals surface area contributed by atoms with Gasteiger partial charge in [0.2, 0.25) is 5.91 Å². The molecular formula is C22H21NO2. The van der Waals surface area contributed by atoms with Crippen LogP contribution in [0.4, 0.5) is 5.69 Å². The van der Waals surface area contributed by atoms with Crippen LogP contribution in [-0.2, 0) is 11.2 Å². The predicted molar refractivity (Wildman–Crippen MR) is 101 cm³/mol. The Morgan fingerprint density at radius 3 is 2.32 bits per heavy atom. The summed E-state index contributed by atoms with van der Waals surface area (Å²) in [5.74, 6) is 1.36. The number of ether oxygens (including phenoxy) is 1. The number of carbonyl (C=O) groups is 1. The molecule has 0 saturated carbocycles. The SMILES string of the molecule is Cc1ccc(Oc2ccccc2NC(=O)CCc2ccccc2)cc1. The van der Waals surface area contributed by atoms with E-state index in [2.05, 4.69) is 5.32 Å². The number of carbonyl (C=O) groups excluding carboxylic acids is 1. The van der Waals surface area contributed by atoms with Gasteiger partial charge >= 0.3 is 0 Å². The minimum atomic E-state index is -0.0243. The molecule has 1 N–H and O–H groups in total. The van der Waals surface area contributed by atoms with Crippen molar-refractivity contribution in [1.29, 1.82) is 0 Å². The van der Waals surface area contributed by atoms with Crippen LogP contribution in [0.3, 0.4) is 0 Å². The minimum absolute atomic E-state index is 0.0243. The molecule has 25 heavy (non-hydrogen) atoms. The molecule has 0 aliphatic heterocycles. The van der Waals surface area contributed by atoms with Gasteiger partial charge in [0.1, 0.15) is 5.75 Å². The summed E-state index contributed by atoms with van der Waals surface area (Å²) in [6.07, 6.45) is 1.15. The molecule has 3 nitrogen and oxygen atoms in total. The van der Waals surface area contributed by atoms with Crippen LogP contribution in [0.15, 0.2) is 78.9 Å². The van der Waals surface area contributed by atoms with E-state index in [1.807, 2.05) is 85.8 Å². The average Bonchev–Trinajstić information content (AvgIpc) is 2.64. The van der Waals surface area contributed by atoms with Gasteiger partial charge in [-0.25, -0.2) is 0 Å². The number of rotatable bonds is 6. The average molecular weight is 331 g/mol. The maximum atomic E-state index is 12.3. The number of amides is 1. The zero-order valence-corrected chi connectivity index (χ0v) is 14.2. The molecule has 0 spiro atoms. The molecule has 1 amide bonds. The number of hydrogen-bond acceptors (Lipinski definition) is 2. The highest BCUT2D eigenvalue weighted by Gasteiger charge is 2.08. The summed E-state index contributed by atoms with van der Waals surface area (Å²) in [7, 11) is 0. The van der Waals surface area contributed by atoms with Gasteiger partial charge in [0.15, 0.2) is 5.75 Å². The van der Waals surface area contributed by atoms with Gasteiger partial charge in [0, 0.05) is 6.42 Å². The van der Waals surface area contributed by atoms with Gasteiger partial charge < -0.3 is 10.1 Å². The molecule has 0 heterocycles. The van der Waals surface area contributed by atoms with Crippen LogP contribution >= 0.6 is 0 Å². The Labute approximate surface area is 148 Å². The van der Waals surface area contributed by atoms with E-state index in [-0.39, 0.29) is 5.91 Å². The third-order valence-electron chi connectivity index (χ3n) is 3.89. The van der Waals surface area contributed by atoms with E-state index in [1.54, 1.807) is 0 Å². The smallest absolute Gasteiger partial charge is 0.224 e. The molecule has 3 aromatic rings. The second-order valence-corrected chi connectivity index (χ2v) is 5.95. The highest BCUT2D eigenvalue weighted by molar-refractivity contribution is 5.92. The molecule has 3 rings (SSSR count). The van der Waals surface area contributed by atoms with E-state index in [9.17, 15) is 4.79 Å². The predicted octanol–water partition coefficient (Wildman–Crippen LogP) is 5.36. The topological polar surface area (TPSA) is 38.3 Å². The molecule has 0 bridgehead atoms. The van der Waals surface area contributed by atoms with Crippen LogP contribution in [0.25, 0.3) is 0 Å². The molecule has 3 aromatic carbocycles. The number of anilines is 1. The van der Waals surface area contributed by atoms with Gasteiger partial charge in [-0.1, -0.05) is 60.2 Å². The molecule has 3 heteroatoms. The van der Waals surface area contributed by atoms with E-state index < -0.39 is 0 Å². The third-order valence-corrected chi connectivity index (χ3v) is 3.89. The molecule has 0 fully saturated rings. The molecule has 126 valence electrons. The lowest BCUT2D eigenvalue weighted by Gasteiger charge is -2.12. The summed E-state index contributed by atoms with van der Waals surface area (Å²) in [6.45, 7) is 2.03. The van der Waals surface area contributed by atoms with Crippen molar-refractivity contribution in [2.45, 2.75) is 19.8 Å². The monoisotopic (exact) mass is 331 g/mol. The van der Waals surface area contributed by atoms with Crippen LogP contribution in [0.5, 0.6) is 11.5 Å². The highest BCUT2D eigenvalue weighted by Crippen LogP contribution is 2.29. The van der Waals surface area contributed by atoms with Gasteiger partial charge in [0.05, 0.1) is 5.69 Å². The fraction of sp³-hybridized carbons (Fsp3) is 0.136. The molecule has 0 aliphatic rings. The Balaban J connectivity index is 1.64. The summed E-state index contributed by atoms with van der Waals surface area (Å²) < 4.78 is 5.91. The molecule has 0 saturated heterocycles. The lowest BCUT2D eigenvalue weighted by molar-refractivity contribution is -0.116. The lowest BCUT2D eigenvalue weighted by atomic mass is 10.1. The van der Waals surface area contributed by atoms with Crippen molar-refractivity contribution in [3.05, 3.63) is 90.0 Å². The normalized spacial score (nSPS) is 10.3. The number of aryl methyl sites for hydroxylation is 2. The number of hydrogen-bond donors (Lipinski definition) is 1. The van der Waals surface area contributed by atoms with Crippen molar-refractivity contribution in [1.82, 2.24) is 0 Å². The van der Waals surface area contributed by atoms with Crippen LogP contribution in [-0.4, -0.2) is 5.91 Å². The van der Waals surface area contributed by atoms with E-state index in [4.69, 9.17) is 4.74 Å². The van der Waals surface area contributed by atoms with Gasteiger partial charge in [0.25, 0.3) is 0 Å². The summed E-state index contributed by atoms with van der Waals surface area (Å²) >= 11 is 0. The van der Waals surface area contributed by atoms with E-state index in [0.29, 0.717) is 24.3 Å². The van der Waals surface area contributed by atoms with Crippen molar-refractivity contribution in [3.63, 3.8) is 0 Å². The first-order valence-corrected chi connectivity index (χ1v) is 8.38. The molecule has 0 unspecified atom stereocenters.